The van der Waals surface area contributed by atoms with Crippen LogP contribution in [0, 0.1) is 0 Å². The molecule has 4 atom stereocenters. The van der Waals surface area contributed by atoms with Crippen LogP contribution in [0.4, 0.5) is 22.7 Å². The third-order valence-electron chi connectivity index (χ3n) is 11.9. The minimum absolute atomic E-state index is 0.0142. The zero-order chi connectivity index (χ0) is 56.6. The Labute approximate surface area is 445 Å². The first kappa shape index (κ1) is 61.2. The van der Waals surface area contributed by atoms with Crippen molar-refractivity contribution < 1.29 is 57.3 Å². The van der Waals surface area contributed by atoms with Gasteiger partial charge in [-0.05, 0) is 150 Å². The van der Waals surface area contributed by atoms with Gasteiger partial charge in [-0.2, -0.15) is 0 Å². The normalized spacial score (nSPS) is 12.3. The summed E-state index contributed by atoms with van der Waals surface area (Å²) in [5, 5.41) is 19.0. The van der Waals surface area contributed by atoms with Gasteiger partial charge in [-0.1, -0.05) is 0 Å². The molecule has 8 amide bonds. The van der Waals surface area contributed by atoms with Crippen LogP contribution in [0.3, 0.4) is 0 Å². The van der Waals surface area contributed by atoms with E-state index in [1.54, 1.807) is 0 Å². The molecule has 19 N–H and O–H groups in total. The second-order valence-corrected chi connectivity index (χ2v) is 17.4. The fourth-order valence-corrected chi connectivity index (χ4v) is 7.74. The van der Waals surface area contributed by atoms with Gasteiger partial charge < -0.3 is 90.6 Å². The van der Waals surface area contributed by atoms with Gasteiger partial charge in [0.1, 0.15) is 41.1 Å². The minimum Gasteiger partial charge on any atom is -0.496 e. The van der Waals surface area contributed by atoms with Gasteiger partial charge in [-0.15, -0.1) is 0 Å². The summed E-state index contributed by atoms with van der Waals surface area (Å²) in [6.45, 7) is 0.937. The molecule has 0 aliphatic heterocycles. The second kappa shape index (κ2) is 30.9. The smallest absolute Gasteiger partial charge is 0.255 e. The first-order valence-electron chi connectivity index (χ1n) is 24.7. The molecule has 416 valence electrons. The topological polar surface area (TPSA) is 414 Å². The highest BCUT2D eigenvalue weighted by atomic mass is 16.5. The minimum atomic E-state index is -1.20. The predicted octanol–water partition coefficient (Wildman–Crippen LogP) is 1.25. The number of hydrogen-bond acceptors (Lipinski definition) is 17. The molecule has 25 heteroatoms. The van der Waals surface area contributed by atoms with E-state index >= 15 is 0 Å². The van der Waals surface area contributed by atoms with E-state index in [1.165, 1.54) is 101 Å². The zero-order valence-electron chi connectivity index (χ0n) is 43.6. The molecule has 0 aliphatic rings. The SMILES string of the molecule is COc1ccc(NC(=O)[C@@H](CCCN)NC(=O)c2cc(NC(=O)[C@@H](CCCN)NC(=O)c3cc(NC(=O)[C@@H](CCCN)NC(=O)c4cc(NC(=O)[C@H](N)CCCN)ccc4OC)ccc3OC)ccc2OC)cc1C(N)=O. The molecule has 0 fully saturated rings. The number of nitrogens with one attached hydrogen (secondary N) is 7. The van der Waals surface area contributed by atoms with Crippen LogP contribution in [0.2, 0.25) is 0 Å². The van der Waals surface area contributed by atoms with Crippen LogP contribution < -0.4 is 90.6 Å². The van der Waals surface area contributed by atoms with Crippen molar-refractivity contribution in [3.05, 3.63) is 95.1 Å². The van der Waals surface area contributed by atoms with Crippen LogP contribution in [-0.4, -0.2) is 126 Å². The summed E-state index contributed by atoms with van der Waals surface area (Å²) in [6.07, 6.45) is 2.21. The van der Waals surface area contributed by atoms with Crippen molar-refractivity contribution >= 4 is 70.0 Å². The van der Waals surface area contributed by atoms with Crippen LogP contribution >= 0.6 is 0 Å². The Balaban J connectivity index is 1.52. The summed E-state index contributed by atoms with van der Waals surface area (Å²) in [7, 11) is 5.39. The number of anilines is 4. The number of carbonyl (C=O) groups is 8. The highest BCUT2D eigenvalue weighted by Crippen LogP contribution is 2.28. The van der Waals surface area contributed by atoms with E-state index in [9.17, 15) is 38.4 Å². The van der Waals surface area contributed by atoms with E-state index in [2.05, 4.69) is 37.2 Å². The average Bonchev–Trinajstić information content (AvgIpc) is 3.43. The van der Waals surface area contributed by atoms with Crippen molar-refractivity contribution in [2.24, 2.45) is 34.4 Å². The second-order valence-electron chi connectivity index (χ2n) is 17.4. The molecule has 77 heavy (non-hydrogen) atoms. The lowest BCUT2D eigenvalue weighted by Crippen LogP contribution is -2.45. The number of hydrogen-bond donors (Lipinski definition) is 13. The molecular formula is C52H71N13O12. The number of ether oxygens (including phenoxy) is 4. The molecule has 0 saturated heterocycles. The molecule has 0 unspecified atom stereocenters. The summed E-state index contributed by atoms with van der Waals surface area (Å²) in [5.74, 6) is -4.87. The summed E-state index contributed by atoms with van der Waals surface area (Å²) in [5.41, 5.74) is 35.1. The Morgan fingerprint density at radius 2 is 0.662 bits per heavy atom. The lowest BCUT2D eigenvalue weighted by atomic mass is 10.1. The Bertz CT molecular complexity index is 2720. The first-order chi connectivity index (χ1) is 36.9. The molecule has 0 aromatic heterocycles. The molecular weight excluding hydrogens is 999 g/mol. The van der Waals surface area contributed by atoms with Crippen LogP contribution in [0.1, 0.15) is 92.8 Å². The third kappa shape index (κ3) is 17.9. The lowest BCUT2D eigenvalue weighted by molar-refractivity contribution is -0.118. The molecule has 25 nitrogen and oxygen atoms in total. The van der Waals surface area contributed by atoms with E-state index in [1.807, 2.05) is 0 Å². The maximum absolute atomic E-state index is 14.1. The number of carbonyl (C=O) groups excluding carboxylic acids is 8. The molecule has 0 aliphatic carbocycles. The Kier molecular flexibility index (Phi) is 24.5. The van der Waals surface area contributed by atoms with Crippen molar-refractivity contribution in [3.8, 4) is 23.0 Å². The van der Waals surface area contributed by atoms with Crippen LogP contribution in [0.5, 0.6) is 23.0 Å². The Hall–Kier alpha value is -8.36. The molecule has 0 radical (unpaired) electrons. The summed E-state index contributed by atoms with van der Waals surface area (Å²) < 4.78 is 21.5. The highest BCUT2D eigenvalue weighted by Gasteiger charge is 2.28. The van der Waals surface area contributed by atoms with Gasteiger partial charge in [0.2, 0.25) is 23.6 Å². The average molecular weight is 1070 g/mol. The number of primary amides is 1. The molecule has 4 aromatic rings. The van der Waals surface area contributed by atoms with Crippen molar-refractivity contribution in [2.45, 2.75) is 75.5 Å². The van der Waals surface area contributed by atoms with E-state index in [-0.39, 0.29) is 107 Å². The molecule has 0 bridgehead atoms. The third-order valence-corrected chi connectivity index (χ3v) is 11.9. The number of rotatable bonds is 31. The fraction of sp³-hybridized carbons (Fsp3) is 0.385. The molecule has 0 heterocycles. The van der Waals surface area contributed by atoms with Gasteiger partial charge in [-0.3, -0.25) is 38.4 Å². The Morgan fingerprint density at radius 1 is 0.403 bits per heavy atom. The number of amides is 8. The van der Waals surface area contributed by atoms with Crippen molar-refractivity contribution in [1.29, 1.82) is 0 Å². The van der Waals surface area contributed by atoms with Gasteiger partial charge in [-0.25, -0.2) is 0 Å². The maximum Gasteiger partial charge on any atom is 0.255 e. The van der Waals surface area contributed by atoms with Crippen molar-refractivity contribution in [3.63, 3.8) is 0 Å². The van der Waals surface area contributed by atoms with Gasteiger partial charge >= 0.3 is 0 Å². The molecule has 0 saturated carbocycles. The van der Waals surface area contributed by atoms with E-state index in [0.717, 1.165) is 0 Å². The van der Waals surface area contributed by atoms with E-state index in [4.69, 9.17) is 53.3 Å². The molecule has 0 spiro atoms. The molecule has 4 aromatic carbocycles. The number of methoxy groups -OCH3 is 4. The van der Waals surface area contributed by atoms with E-state index in [0.29, 0.717) is 38.6 Å². The standard InChI is InChI=1S/C52H71N13O12/c1-74-41-17-13-29(25-33(41)45(58)66)60-50(71)38(10-6-22-54)63-47(68)35-27-31(15-19-43(35)76-3)62-52(73)40(12-8-24-56)65-48(69)36-28-32(16-20-44(36)77-4)61-51(72)39(11-7-23-55)64-46(67)34-26-30(14-18-42(34)75-2)59-49(70)37(57)9-5-21-53/h13-20,25-28,37-40H,5-12,21-24,53-57H2,1-4H3,(H2,58,66)(H,59,70)(H,60,71)(H,61,72)(H,62,73)(H,63,68)(H,64,67)(H,65,69)/t37-,38-,39-,40-/m1/s1. The quantitative estimate of drug-likeness (QED) is 0.0337. The lowest BCUT2D eigenvalue weighted by Gasteiger charge is -2.21. The maximum atomic E-state index is 14.1. The van der Waals surface area contributed by atoms with Crippen LogP contribution in [0.15, 0.2) is 72.8 Å². The van der Waals surface area contributed by atoms with Gasteiger partial charge in [0.25, 0.3) is 23.6 Å². The summed E-state index contributed by atoms with van der Waals surface area (Å²) in [4.78, 5) is 108. The Morgan fingerprint density at radius 3 is 0.935 bits per heavy atom. The largest absolute Gasteiger partial charge is 0.496 e. The molecule has 4 rings (SSSR count). The monoisotopic (exact) mass is 1070 g/mol. The van der Waals surface area contributed by atoms with Gasteiger partial charge in [0, 0.05) is 22.7 Å². The summed E-state index contributed by atoms with van der Waals surface area (Å²) in [6, 6.07) is 12.9. The van der Waals surface area contributed by atoms with Crippen LogP contribution in [-0.2, 0) is 19.2 Å². The van der Waals surface area contributed by atoms with Gasteiger partial charge in [0.05, 0.1) is 56.7 Å². The predicted molar refractivity (Wildman–Crippen MR) is 290 cm³/mol. The van der Waals surface area contributed by atoms with E-state index < -0.39 is 71.4 Å². The number of benzene rings is 4. The van der Waals surface area contributed by atoms with Gasteiger partial charge in [0.15, 0.2) is 0 Å². The highest BCUT2D eigenvalue weighted by molar-refractivity contribution is 6.07. The van der Waals surface area contributed by atoms with Crippen molar-refractivity contribution in [1.82, 2.24) is 16.0 Å². The zero-order valence-corrected chi connectivity index (χ0v) is 43.6. The number of nitrogens with two attached hydrogens (primary N) is 6. The van der Waals surface area contributed by atoms with Crippen LogP contribution in [0.25, 0.3) is 0 Å². The fourth-order valence-electron chi connectivity index (χ4n) is 7.74. The summed E-state index contributed by atoms with van der Waals surface area (Å²) >= 11 is 0. The first-order valence-corrected chi connectivity index (χ1v) is 24.7. The van der Waals surface area contributed by atoms with Crippen molar-refractivity contribution in [2.75, 3.05) is 75.9 Å².